The summed E-state index contributed by atoms with van der Waals surface area (Å²) in [4.78, 5) is 24.4. The number of fused-ring (bicyclic) bond motifs is 2. The molecule has 122 valence electrons. The highest BCUT2D eigenvalue weighted by Crippen LogP contribution is 2.34. The number of carbonyl (C=O) groups excluding carboxylic acids is 1. The van der Waals surface area contributed by atoms with Crippen molar-refractivity contribution in [3.63, 3.8) is 0 Å². The predicted octanol–water partition coefficient (Wildman–Crippen LogP) is 3.16. The van der Waals surface area contributed by atoms with Gasteiger partial charge in [0.25, 0.3) is 5.88 Å². The second-order valence-electron chi connectivity index (χ2n) is 5.78. The molecule has 3 aromatic rings. The lowest BCUT2D eigenvalue weighted by Crippen LogP contribution is -2.08. The van der Waals surface area contributed by atoms with Gasteiger partial charge in [-0.3, -0.25) is 9.78 Å². The molecule has 0 radical (unpaired) electrons. The van der Waals surface area contributed by atoms with Crippen LogP contribution < -0.4 is 9.47 Å². The van der Waals surface area contributed by atoms with Crippen molar-refractivity contribution >= 4 is 16.8 Å². The van der Waals surface area contributed by atoms with Gasteiger partial charge < -0.3 is 14.5 Å². The molecule has 6 heteroatoms. The van der Waals surface area contributed by atoms with Gasteiger partial charge in [0, 0.05) is 41.2 Å². The molecular weight excluding hydrogens is 306 g/mol. The number of methoxy groups -OCH3 is 2. The van der Waals surface area contributed by atoms with Gasteiger partial charge in [-0.25, -0.2) is 4.98 Å². The van der Waals surface area contributed by atoms with Crippen LogP contribution in [0.2, 0.25) is 0 Å². The van der Waals surface area contributed by atoms with Crippen molar-refractivity contribution in [3.05, 3.63) is 35.7 Å². The molecule has 0 bridgehead atoms. The van der Waals surface area contributed by atoms with Gasteiger partial charge in [0.05, 0.1) is 19.7 Å². The summed E-state index contributed by atoms with van der Waals surface area (Å²) in [5.74, 6) is 1.14. The molecule has 1 aliphatic carbocycles. The van der Waals surface area contributed by atoms with E-state index in [4.69, 9.17) is 9.47 Å². The number of H-pyrrole nitrogens is 1. The summed E-state index contributed by atoms with van der Waals surface area (Å²) in [6, 6.07) is 5.62. The standard InChI is InChI=1S/C18H17N3O3/c1-23-16-9-14-17(21-18(16)24-2)10(6-7-19-14)13-8-11-12(20-13)4-3-5-15(11)22/h6-9,20H,3-5H2,1-2H3. The maximum atomic E-state index is 12.1. The third-order valence-corrected chi connectivity index (χ3v) is 4.38. The monoisotopic (exact) mass is 323 g/mol. The first-order valence-electron chi connectivity index (χ1n) is 7.84. The van der Waals surface area contributed by atoms with Gasteiger partial charge in [-0.1, -0.05) is 0 Å². The van der Waals surface area contributed by atoms with Gasteiger partial charge in [0.15, 0.2) is 11.5 Å². The van der Waals surface area contributed by atoms with E-state index in [1.165, 1.54) is 0 Å². The lowest BCUT2D eigenvalue weighted by Gasteiger charge is -2.09. The van der Waals surface area contributed by atoms with Crippen LogP contribution >= 0.6 is 0 Å². The summed E-state index contributed by atoms with van der Waals surface area (Å²) < 4.78 is 10.6. The first-order valence-corrected chi connectivity index (χ1v) is 7.84. The summed E-state index contributed by atoms with van der Waals surface area (Å²) in [6.07, 6.45) is 4.14. The van der Waals surface area contributed by atoms with Crippen LogP contribution in [0.3, 0.4) is 0 Å². The Morgan fingerprint density at radius 2 is 2.00 bits per heavy atom. The van der Waals surface area contributed by atoms with Gasteiger partial charge >= 0.3 is 0 Å². The molecule has 3 aromatic heterocycles. The van der Waals surface area contributed by atoms with Gasteiger partial charge in [0.2, 0.25) is 0 Å². The molecule has 0 aromatic carbocycles. The maximum Gasteiger partial charge on any atom is 0.257 e. The van der Waals surface area contributed by atoms with Crippen LogP contribution in [0, 0.1) is 0 Å². The predicted molar refractivity (Wildman–Crippen MR) is 89.7 cm³/mol. The number of hydrogen-bond donors (Lipinski definition) is 1. The molecule has 1 N–H and O–H groups in total. The van der Waals surface area contributed by atoms with Crippen molar-refractivity contribution in [1.82, 2.24) is 15.0 Å². The number of carbonyl (C=O) groups is 1. The SMILES string of the molecule is COc1cc2nccc(-c3cc4c([nH]3)CCCC4=O)c2nc1OC. The Morgan fingerprint density at radius 3 is 2.75 bits per heavy atom. The normalized spacial score (nSPS) is 13.8. The Labute approximate surface area is 138 Å². The molecule has 0 spiro atoms. The number of aromatic amines is 1. The molecule has 0 saturated heterocycles. The summed E-state index contributed by atoms with van der Waals surface area (Å²) in [5, 5.41) is 0. The molecule has 0 atom stereocenters. The summed E-state index contributed by atoms with van der Waals surface area (Å²) in [5.41, 5.74) is 4.99. The van der Waals surface area contributed by atoms with E-state index in [0.29, 0.717) is 29.1 Å². The molecule has 0 unspecified atom stereocenters. The minimum Gasteiger partial charge on any atom is -0.491 e. The lowest BCUT2D eigenvalue weighted by molar-refractivity contribution is 0.0972. The zero-order valence-electron chi connectivity index (χ0n) is 13.5. The van der Waals surface area contributed by atoms with E-state index < -0.39 is 0 Å². The van der Waals surface area contributed by atoms with Crippen molar-refractivity contribution in [2.45, 2.75) is 19.3 Å². The zero-order valence-corrected chi connectivity index (χ0v) is 13.5. The highest BCUT2D eigenvalue weighted by Gasteiger charge is 2.21. The maximum absolute atomic E-state index is 12.1. The zero-order chi connectivity index (χ0) is 16.7. The fourth-order valence-corrected chi connectivity index (χ4v) is 3.19. The Balaban J connectivity index is 1.92. The number of ketones is 1. The summed E-state index contributed by atoms with van der Waals surface area (Å²) in [7, 11) is 3.12. The second kappa shape index (κ2) is 5.63. The number of hydrogen-bond acceptors (Lipinski definition) is 5. The number of aryl methyl sites for hydroxylation is 1. The third kappa shape index (κ3) is 2.22. The Bertz CT molecular complexity index is 946. The van der Waals surface area contributed by atoms with Gasteiger partial charge in [-0.2, -0.15) is 0 Å². The minimum atomic E-state index is 0.198. The molecule has 0 fully saturated rings. The molecule has 0 amide bonds. The Morgan fingerprint density at radius 1 is 1.12 bits per heavy atom. The minimum absolute atomic E-state index is 0.198. The summed E-state index contributed by atoms with van der Waals surface area (Å²) >= 11 is 0. The van der Waals surface area contributed by atoms with Crippen molar-refractivity contribution in [2.24, 2.45) is 0 Å². The van der Waals surface area contributed by atoms with Crippen LogP contribution in [-0.2, 0) is 6.42 Å². The number of ether oxygens (including phenoxy) is 2. The fraction of sp³-hybridized carbons (Fsp3) is 0.278. The number of nitrogens with zero attached hydrogens (tertiary/aromatic N) is 2. The quantitative estimate of drug-likeness (QED) is 0.801. The van der Waals surface area contributed by atoms with E-state index in [2.05, 4.69) is 15.0 Å². The van der Waals surface area contributed by atoms with Crippen LogP contribution in [0.15, 0.2) is 24.4 Å². The van der Waals surface area contributed by atoms with Crippen LogP contribution in [0.5, 0.6) is 11.6 Å². The first-order chi connectivity index (χ1) is 11.7. The van der Waals surface area contributed by atoms with E-state index >= 15 is 0 Å². The van der Waals surface area contributed by atoms with E-state index in [1.54, 1.807) is 26.5 Å². The van der Waals surface area contributed by atoms with Crippen molar-refractivity contribution in [1.29, 1.82) is 0 Å². The number of aromatic nitrogens is 3. The average molecular weight is 323 g/mol. The number of rotatable bonds is 3. The largest absolute Gasteiger partial charge is 0.491 e. The van der Waals surface area contributed by atoms with E-state index in [-0.39, 0.29) is 5.78 Å². The van der Waals surface area contributed by atoms with Crippen LogP contribution in [0.25, 0.3) is 22.3 Å². The molecule has 6 nitrogen and oxygen atoms in total. The molecule has 3 heterocycles. The van der Waals surface area contributed by atoms with Gasteiger partial charge in [-0.15, -0.1) is 0 Å². The van der Waals surface area contributed by atoms with Gasteiger partial charge in [-0.05, 0) is 25.0 Å². The molecule has 0 aliphatic heterocycles. The average Bonchev–Trinajstić information content (AvgIpc) is 3.05. The molecule has 4 rings (SSSR count). The highest BCUT2D eigenvalue weighted by atomic mass is 16.5. The van der Waals surface area contributed by atoms with E-state index in [1.807, 2.05) is 12.1 Å². The van der Waals surface area contributed by atoms with Crippen molar-refractivity contribution < 1.29 is 14.3 Å². The summed E-state index contributed by atoms with van der Waals surface area (Å²) in [6.45, 7) is 0. The molecule has 24 heavy (non-hydrogen) atoms. The molecule has 1 aliphatic rings. The third-order valence-electron chi connectivity index (χ3n) is 4.38. The van der Waals surface area contributed by atoms with Crippen LogP contribution in [-0.4, -0.2) is 35.0 Å². The van der Waals surface area contributed by atoms with E-state index in [9.17, 15) is 4.79 Å². The van der Waals surface area contributed by atoms with E-state index in [0.717, 1.165) is 35.4 Å². The number of Topliss-reactive ketones (excluding diaryl/α,β-unsaturated/α-hetero) is 1. The first kappa shape index (κ1) is 14.7. The second-order valence-corrected chi connectivity index (χ2v) is 5.78. The van der Waals surface area contributed by atoms with Crippen LogP contribution in [0.1, 0.15) is 28.9 Å². The number of pyridine rings is 2. The lowest BCUT2D eigenvalue weighted by atomic mass is 9.96. The smallest absolute Gasteiger partial charge is 0.257 e. The highest BCUT2D eigenvalue weighted by molar-refractivity contribution is 6.00. The van der Waals surface area contributed by atoms with Crippen molar-refractivity contribution in [3.8, 4) is 22.9 Å². The fourth-order valence-electron chi connectivity index (χ4n) is 3.19. The molecule has 0 saturated carbocycles. The molecular formula is C18H17N3O3. The Kier molecular flexibility index (Phi) is 3.45. The Hall–Kier alpha value is -2.89. The van der Waals surface area contributed by atoms with Crippen LogP contribution in [0.4, 0.5) is 0 Å². The number of nitrogens with one attached hydrogen (secondary N) is 1. The van der Waals surface area contributed by atoms with Crippen molar-refractivity contribution in [2.75, 3.05) is 14.2 Å². The topological polar surface area (TPSA) is 77.1 Å². The van der Waals surface area contributed by atoms with Gasteiger partial charge in [0.1, 0.15) is 5.52 Å².